The molecule has 2 unspecified atom stereocenters. The van der Waals surface area contributed by atoms with E-state index in [2.05, 4.69) is 62.2 Å². The van der Waals surface area contributed by atoms with Gasteiger partial charge in [0.05, 0.1) is 0 Å². The Morgan fingerprint density at radius 3 is 2.44 bits per heavy atom. The van der Waals surface area contributed by atoms with Crippen LogP contribution in [0.4, 0.5) is 0 Å². The molecule has 1 aromatic rings. The van der Waals surface area contributed by atoms with E-state index in [4.69, 9.17) is 0 Å². The summed E-state index contributed by atoms with van der Waals surface area (Å²) in [6.45, 7) is 4.63. The first-order chi connectivity index (χ1) is 8.68. The summed E-state index contributed by atoms with van der Waals surface area (Å²) in [5.41, 5.74) is 2.89. The third-order valence-corrected chi connectivity index (χ3v) is 5.85. The molecule has 0 aromatic heterocycles. The molecule has 0 saturated carbocycles. The fourth-order valence-electron chi connectivity index (χ4n) is 2.85. The minimum atomic E-state index is 0.415. The van der Waals surface area contributed by atoms with Gasteiger partial charge in [0.15, 0.2) is 0 Å². The van der Waals surface area contributed by atoms with Crippen molar-refractivity contribution in [1.82, 2.24) is 5.32 Å². The highest BCUT2D eigenvalue weighted by Crippen LogP contribution is 2.41. The van der Waals surface area contributed by atoms with E-state index in [1.54, 1.807) is 0 Å². The molecule has 1 fully saturated rings. The quantitative estimate of drug-likeness (QED) is 0.870. The van der Waals surface area contributed by atoms with Gasteiger partial charge in [-0.05, 0) is 56.5 Å². The van der Waals surface area contributed by atoms with Crippen LogP contribution in [0.25, 0.3) is 0 Å². The highest BCUT2D eigenvalue weighted by molar-refractivity contribution is 8.00. The fraction of sp³-hybridized carbons (Fsp3) is 0.625. The Bertz CT molecular complexity index is 365. The van der Waals surface area contributed by atoms with Crippen molar-refractivity contribution in [2.24, 2.45) is 0 Å². The molecule has 1 saturated heterocycles. The Balaban J connectivity index is 2.05. The minimum Gasteiger partial charge on any atom is -0.315 e. The summed E-state index contributed by atoms with van der Waals surface area (Å²) in [5, 5.41) is 3.54. The van der Waals surface area contributed by atoms with Gasteiger partial charge in [0.2, 0.25) is 0 Å². The number of hydrogen-bond donors (Lipinski definition) is 1. The Labute approximate surface area is 116 Å². The second-order valence-corrected chi connectivity index (χ2v) is 7.11. The number of benzene rings is 1. The summed E-state index contributed by atoms with van der Waals surface area (Å²) < 4.78 is 0.415. The Morgan fingerprint density at radius 1 is 1.28 bits per heavy atom. The molecular weight excluding hydrogens is 238 g/mol. The molecule has 100 valence electrons. The zero-order valence-electron chi connectivity index (χ0n) is 11.8. The molecule has 2 heteroatoms. The molecule has 0 radical (unpaired) electrons. The van der Waals surface area contributed by atoms with Crippen molar-refractivity contribution in [3.05, 3.63) is 35.4 Å². The lowest BCUT2D eigenvalue weighted by Crippen LogP contribution is -2.45. The molecule has 1 nitrogen and oxygen atoms in total. The van der Waals surface area contributed by atoms with Crippen LogP contribution >= 0.6 is 11.8 Å². The first kappa shape index (κ1) is 14.0. The van der Waals surface area contributed by atoms with Crippen molar-refractivity contribution in [3.63, 3.8) is 0 Å². The SMILES string of the molecule is CCc1ccc(CC(NC)C2(C)CCCS2)cc1. The maximum absolute atomic E-state index is 3.54. The zero-order chi connectivity index (χ0) is 13.0. The van der Waals surface area contributed by atoms with Gasteiger partial charge in [0.25, 0.3) is 0 Å². The van der Waals surface area contributed by atoms with Crippen LogP contribution in [-0.2, 0) is 12.8 Å². The smallest absolute Gasteiger partial charge is 0.0288 e. The molecule has 2 rings (SSSR count). The second kappa shape index (κ2) is 6.12. The van der Waals surface area contributed by atoms with Crippen molar-refractivity contribution < 1.29 is 0 Å². The highest BCUT2D eigenvalue weighted by Gasteiger charge is 2.36. The monoisotopic (exact) mass is 263 g/mol. The molecule has 0 spiro atoms. The lowest BCUT2D eigenvalue weighted by atomic mass is 9.90. The normalized spacial score (nSPS) is 25.3. The van der Waals surface area contributed by atoms with E-state index >= 15 is 0 Å². The van der Waals surface area contributed by atoms with Crippen LogP contribution in [0, 0.1) is 0 Å². The topological polar surface area (TPSA) is 12.0 Å². The molecule has 1 heterocycles. The van der Waals surface area contributed by atoms with Crippen LogP contribution in [0.2, 0.25) is 0 Å². The molecule has 1 N–H and O–H groups in total. The number of nitrogens with one attached hydrogen (secondary N) is 1. The maximum Gasteiger partial charge on any atom is 0.0288 e. The first-order valence-corrected chi connectivity index (χ1v) is 8.05. The zero-order valence-corrected chi connectivity index (χ0v) is 12.6. The van der Waals surface area contributed by atoms with Crippen LogP contribution in [0.1, 0.15) is 37.8 Å². The van der Waals surface area contributed by atoms with Gasteiger partial charge in [-0.2, -0.15) is 11.8 Å². The predicted octanol–water partition coefficient (Wildman–Crippen LogP) is 3.67. The number of likely N-dealkylation sites (N-methyl/N-ethyl adjacent to an activating group) is 1. The molecule has 1 aromatic carbocycles. The molecule has 2 atom stereocenters. The number of thioether (sulfide) groups is 1. The third kappa shape index (κ3) is 3.10. The molecule has 0 bridgehead atoms. The Kier molecular flexibility index (Phi) is 4.74. The van der Waals surface area contributed by atoms with Gasteiger partial charge in [-0.15, -0.1) is 0 Å². The van der Waals surface area contributed by atoms with E-state index < -0.39 is 0 Å². The van der Waals surface area contributed by atoms with Gasteiger partial charge >= 0.3 is 0 Å². The van der Waals surface area contributed by atoms with Crippen LogP contribution in [0.5, 0.6) is 0 Å². The molecule has 1 aliphatic rings. The summed E-state index contributed by atoms with van der Waals surface area (Å²) in [6.07, 6.45) is 4.98. The van der Waals surface area contributed by atoms with Gasteiger partial charge < -0.3 is 5.32 Å². The number of hydrogen-bond acceptors (Lipinski definition) is 2. The van der Waals surface area contributed by atoms with E-state index in [1.807, 2.05) is 0 Å². The van der Waals surface area contributed by atoms with Gasteiger partial charge in [0, 0.05) is 10.8 Å². The third-order valence-electron chi connectivity index (χ3n) is 4.21. The van der Waals surface area contributed by atoms with Gasteiger partial charge in [-0.1, -0.05) is 31.2 Å². The van der Waals surface area contributed by atoms with Crippen molar-refractivity contribution >= 4 is 11.8 Å². The van der Waals surface area contributed by atoms with E-state index in [9.17, 15) is 0 Å². The van der Waals surface area contributed by atoms with Gasteiger partial charge in [0.1, 0.15) is 0 Å². The molecule has 0 amide bonds. The highest BCUT2D eigenvalue weighted by atomic mass is 32.2. The molecule has 18 heavy (non-hydrogen) atoms. The lowest BCUT2D eigenvalue weighted by molar-refractivity contribution is 0.424. The van der Waals surface area contributed by atoms with Gasteiger partial charge in [-0.3, -0.25) is 0 Å². The van der Waals surface area contributed by atoms with E-state index in [0.717, 1.165) is 12.8 Å². The average molecular weight is 263 g/mol. The molecule has 0 aliphatic carbocycles. The Morgan fingerprint density at radius 2 is 1.94 bits per heavy atom. The second-order valence-electron chi connectivity index (χ2n) is 5.48. The molecular formula is C16H25NS. The largest absolute Gasteiger partial charge is 0.315 e. The van der Waals surface area contributed by atoms with Crippen molar-refractivity contribution in [2.75, 3.05) is 12.8 Å². The van der Waals surface area contributed by atoms with E-state index in [1.165, 1.54) is 29.7 Å². The predicted molar refractivity (Wildman–Crippen MR) is 82.5 cm³/mol. The van der Waals surface area contributed by atoms with Crippen LogP contribution < -0.4 is 5.32 Å². The number of aryl methyl sites for hydroxylation is 1. The van der Waals surface area contributed by atoms with Crippen LogP contribution in [0.3, 0.4) is 0 Å². The van der Waals surface area contributed by atoms with Crippen LogP contribution in [0.15, 0.2) is 24.3 Å². The van der Waals surface area contributed by atoms with E-state index in [0.29, 0.717) is 10.8 Å². The minimum absolute atomic E-state index is 0.415. The van der Waals surface area contributed by atoms with Crippen LogP contribution in [-0.4, -0.2) is 23.6 Å². The lowest BCUT2D eigenvalue weighted by Gasteiger charge is -2.33. The fourth-order valence-corrected chi connectivity index (χ4v) is 4.29. The summed E-state index contributed by atoms with van der Waals surface area (Å²) in [4.78, 5) is 0. The van der Waals surface area contributed by atoms with Crippen molar-refractivity contribution in [1.29, 1.82) is 0 Å². The van der Waals surface area contributed by atoms with Gasteiger partial charge in [-0.25, -0.2) is 0 Å². The average Bonchev–Trinajstić information content (AvgIpc) is 2.84. The number of rotatable bonds is 5. The summed E-state index contributed by atoms with van der Waals surface area (Å²) >= 11 is 2.14. The standard InChI is InChI=1S/C16H25NS/c1-4-13-6-8-14(9-7-13)12-15(17-3)16(2)10-5-11-18-16/h6-9,15,17H,4-5,10-12H2,1-3H3. The van der Waals surface area contributed by atoms with Crippen molar-refractivity contribution in [3.8, 4) is 0 Å². The maximum atomic E-state index is 3.54. The summed E-state index contributed by atoms with van der Waals surface area (Å²) in [5.74, 6) is 1.32. The summed E-state index contributed by atoms with van der Waals surface area (Å²) in [7, 11) is 2.11. The summed E-state index contributed by atoms with van der Waals surface area (Å²) in [6, 6.07) is 9.72. The first-order valence-electron chi connectivity index (χ1n) is 7.07. The molecule has 1 aliphatic heterocycles. The van der Waals surface area contributed by atoms with E-state index in [-0.39, 0.29) is 0 Å². The van der Waals surface area contributed by atoms with Crippen molar-refractivity contribution in [2.45, 2.75) is 50.3 Å². The Hall–Kier alpha value is -0.470.